The van der Waals surface area contributed by atoms with Gasteiger partial charge in [-0.15, -0.1) is 0 Å². The molecule has 0 fully saturated rings. The van der Waals surface area contributed by atoms with Crippen LogP contribution in [0.25, 0.3) is 0 Å². The van der Waals surface area contributed by atoms with Crippen LogP contribution in [0.3, 0.4) is 0 Å². The molecule has 0 aliphatic heterocycles. The standard InChI is InChI=1S/C30H35Cl2N3O5S/c1-6-27(29(37)33-30(2,3)4)34(19-21-12-14-25(40-5)15-13-21)28(36)20-35(24-17-22(31)16-23(32)18-24)41(38,39)26-10-8-7-9-11-26/h7-18,27H,6,19-20H2,1-5H3,(H,33,37). The maximum atomic E-state index is 14.1. The molecule has 41 heavy (non-hydrogen) atoms. The van der Waals surface area contributed by atoms with Crippen LogP contribution in [0.1, 0.15) is 39.7 Å². The molecule has 0 aromatic heterocycles. The number of nitrogens with one attached hydrogen (secondary N) is 1. The first-order chi connectivity index (χ1) is 19.2. The van der Waals surface area contributed by atoms with Gasteiger partial charge in [0.25, 0.3) is 10.0 Å². The summed E-state index contributed by atoms with van der Waals surface area (Å²) in [4.78, 5) is 28.9. The van der Waals surface area contributed by atoms with E-state index in [0.717, 1.165) is 9.87 Å². The van der Waals surface area contributed by atoms with Crippen LogP contribution in [0.15, 0.2) is 77.7 Å². The molecular formula is C30H35Cl2N3O5S. The first kappa shape index (κ1) is 32.2. The van der Waals surface area contributed by atoms with Crippen LogP contribution in [0.5, 0.6) is 5.75 Å². The van der Waals surface area contributed by atoms with Crippen LogP contribution in [-0.2, 0) is 26.2 Å². The third-order valence-electron chi connectivity index (χ3n) is 6.14. The maximum absolute atomic E-state index is 14.1. The molecule has 3 aromatic carbocycles. The Hall–Kier alpha value is -3.27. The zero-order valence-electron chi connectivity index (χ0n) is 23.7. The van der Waals surface area contributed by atoms with Crippen molar-refractivity contribution in [2.24, 2.45) is 0 Å². The summed E-state index contributed by atoms with van der Waals surface area (Å²) in [6, 6.07) is 18.3. The first-order valence-corrected chi connectivity index (χ1v) is 15.2. The molecule has 0 aliphatic rings. The van der Waals surface area contributed by atoms with Crippen LogP contribution >= 0.6 is 23.2 Å². The van der Waals surface area contributed by atoms with E-state index in [2.05, 4.69) is 5.32 Å². The van der Waals surface area contributed by atoms with Gasteiger partial charge in [0.2, 0.25) is 11.8 Å². The molecule has 0 aliphatic carbocycles. The number of hydrogen-bond acceptors (Lipinski definition) is 5. The van der Waals surface area contributed by atoms with Crippen LogP contribution in [0, 0.1) is 0 Å². The molecule has 3 aromatic rings. The van der Waals surface area contributed by atoms with E-state index in [-0.39, 0.29) is 33.1 Å². The number of methoxy groups -OCH3 is 1. The fourth-order valence-electron chi connectivity index (χ4n) is 4.23. The molecule has 220 valence electrons. The molecule has 0 radical (unpaired) electrons. The lowest BCUT2D eigenvalue weighted by molar-refractivity contribution is -0.141. The summed E-state index contributed by atoms with van der Waals surface area (Å²) in [5, 5.41) is 3.36. The van der Waals surface area contributed by atoms with E-state index in [1.54, 1.807) is 56.5 Å². The third-order valence-corrected chi connectivity index (χ3v) is 8.37. The predicted molar refractivity (Wildman–Crippen MR) is 163 cm³/mol. The summed E-state index contributed by atoms with van der Waals surface area (Å²) in [6.07, 6.45) is 0.304. The minimum atomic E-state index is -4.23. The molecule has 0 saturated heterocycles. The van der Waals surface area contributed by atoms with Crippen molar-refractivity contribution in [2.75, 3.05) is 18.0 Å². The fourth-order valence-corrected chi connectivity index (χ4v) is 6.17. The van der Waals surface area contributed by atoms with Gasteiger partial charge < -0.3 is 15.0 Å². The molecular weight excluding hydrogens is 585 g/mol. The second-order valence-electron chi connectivity index (χ2n) is 10.5. The minimum absolute atomic E-state index is 0.0110. The predicted octanol–water partition coefficient (Wildman–Crippen LogP) is 5.92. The number of carbonyl (C=O) groups is 2. The monoisotopic (exact) mass is 619 g/mol. The second kappa shape index (κ2) is 13.6. The van der Waals surface area contributed by atoms with Gasteiger partial charge in [0.05, 0.1) is 17.7 Å². The van der Waals surface area contributed by atoms with Crippen molar-refractivity contribution in [1.82, 2.24) is 10.2 Å². The molecule has 2 amide bonds. The molecule has 0 saturated carbocycles. The van der Waals surface area contributed by atoms with Gasteiger partial charge in [-0.3, -0.25) is 13.9 Å². The molecule has 11 heteroatoms. The Labute approximate surface area is 252 Å². The van der Waals surface area contributed by atoms with Crippen LogP contribution in [-0.4, -0.2) is 50.4 Å². The van der Waals surface area contributed by atoms with Crippen LogP contribution in [0.2, 0.25) is 10.0 Å². The molecule has 0 spiro atoms. The quantitative estimate of drug-likeness (QED) is 0.287. The van der Waals surface area contributed by atoms with Gasteiger partial charge in [-0.05, 0) is 75.2 Å². The summed E-state index contributed by atoms with van der Waals surface area (Å²) in [6.45, 7) is 6.83. The molecule has 1 atom stereocenters. The molecule has 1 N–H and O–H groups in total. The Kier molecular flexibility index (Phi) is 10.7. The normalized spacial score (nSPS) is 12.4. The smallest absolute Gasteiger partial charge is 0.264 e. The highest BCUT2D eigenvalue weighted by atomic mass is 35.5. The largest absolute Gasteiger partial charge is 0.497 e. The van der Waals surface area contributed by atoms with Gasteiger partial charge in [-0.1, -0.05) is 60.5 Å². The topological polar surface area (TPSA) is 96.0 Å². The molecule has 3 rings (SSSR count). The van der Waals surface area contributed by atoms with E-state index in [1.807, 2.05) is 20.8 Å². The third kappa shape index (κ3) is 8.61. The Morgan fingerprint density at radius 3 is 2.05 bits per heavy atom. The Bertz CT molecular complexity index is 1440. The highest BCUT2D eigenvalue weighted by Crippen LogP contribution is 2.30. The van der Waals surface area contributed by atoms with Crippen LogP contribution < -0.4 is 14.4 Å². The number of benzene rings is 3. The van der Waals surface area contributed by atoms with Gasteiger partial charge in [0.1, 0.15) is 18.3 Å². The summed E-state index contributed by atoms with van der Waals surface area (Å²) in [5.41, 5.74) is 0.320. The molecule has 8 nitrogen and oxygen atoms in total. The lowest BCUT2D eigenvalue weighted by Gasteiger charge is -2.34. The van der Waals surface area contributed by atoms with Gasteiger partial charge >= 0.3 is 0 Å². The molecule has 0 bridgehead atoms. The summed E-state index contributed by atoms with van der Waals surface area (Å²) < 4.78 is 34.0. The van der Waals surface area contributed by atoms with E-state index in [4.69, 9.17) is 27.9 Å². The van der Waals surface area contributed by atoms with Gasteiger partial charge in [0.15, 0.2) is 0 Å². The number of amides is 2. The van der Waals surface area contributed by atoms with E-state index >= 15 is 0 Å². The highest BCUT2D eigenvalue weighted by molar-refractivity contribution is 7.92. The number of halogens is 2. The number of anilines is 1. The average Bonchev–Trinajstić information content (AvgIpc) is 2.90. The number of sulfonamides is 1. The Morgan fingerprint density at radius 2 is 1.54 bits per heavy atom. The van der Waals surface area contributed by atoms with E-state index in [0.29, 0.717) is 12.2 Å². The van der Waals surface area contributed by atoms with Crippen LogP contribution in [0.4, 0.5) is 5.69 Å². The van der Waals surface area contributed by atoms with Gasteiger partial charge in [-0.25, -0.2) is 8.42 Å². The van der Waals surface area contributed by atoms with Crippen molar-refractivity contribution in [3.63, 3.8) is 0 Å². The zero-order valence-corrected chi connectivity index (χ0v) is 26.1. The van der Waals surface area contributed by atoms with Crippen molar-refractivity contribution in [3.05, 3.63) is 88.4 Å². The fraction of sp³-hybridized carbons (Fsp3) is 0.333. The number of rotatable bonds is 11. The summed E-state index contributed by atoms with van der Waals surface area (Å²) in [7, 11) is -2.67. The Balaban J connectivity index is 2.09. The van der Waals surface area contributed by atoms with Crippen molar-refractivity contribution < 1.29 is 22.7 Å². The maximum Gasteiger partial charge on any atom is 0.264 e. The molecule has 1 unspecified atom stereocenters. The van der Waals surface area contributed by atoms with Crippen molar-refractivity contribution in [1.29, 1.82) is 0 Å². The van der Waals surface area contributed by atoms with Gasteiger partial charge in [-0.2, -0.15) is 0 Å². The van der Waals surface area contributed by atoms with Crippen molar-refractivity contribution in [2.45, 2.75) is 57.1 Å². The SMILES string of the molecule is CCC(C(=O)NC(C)(C)C)N(Cc1ccc(OC)cc1)C(=O)CN(c1cc(Cl)cc(Cl)c1)S(=O)(=O)c1ccccc1. The van der Waals surface area contributed by atoms with Gasteiger partial charge in [0, 0.05) is 22.1 Å². The minimum Gasteiger partial charge on any atom is -0.497 e. The van der Waals surface area contributed by atoms with E-state index < -0.39 is 34.1 Å². The summed E-state index contributed by atoms with van der Waals surface area (Å²) in [5.74, 6) is -0.278. The number of carbonyl (C=O) groups excluding carboxylic acids is 2. The summed E-state index contributed by atoms with van der Waals surface area (Å²) >= 11 is 12.5. The zero-order chi connectivity index (χ0) is 30.4. The van der Waals surface area contributed by atoms with E-state index in [9.17, 15) is 18.0 Å². The highest BCUT2D eigenvalue weighted by Gasteiger charge is 2.34. The van der Waals surface area contributed by atoms with E-state index in [1.165, 1.54) is 35.2 Å². The Morgan fingerprint density at radius 1 is 0.951 bits per heavy atom. The number of ether oxygens (including phenoxy) is 1. The lowest BCUT2D eigenvalue weighted by atomic mass is 10.1. The second-order valence-corrected chi connectivity index (χ2v) is 13.2. The lowest BCUT2D eigenvalue weighted by Crippen LogP contribution is -2.55. The number of nitrogens with zero attached hydrogens (tertiary/aromatic N) is 2. The van der Waals surface area contributed by atoms with Crippen molar-refractivity contribution in [3.8, 4) is 5.75 Å². The van der Waals surface area contributed by atoms with Crippen molar-refractivity contribution >= 4 is 50.7 Å². The average molecular weight is 621 g/mol. The first-order valence-electron chi connectivity index (χ1n) is 13.0. The number of hydrogen-bond donors (Lipinski definition) is 1. The molecule has 0 heterocycles.